The van der Waals surface area contributed by atoms with Gasteiger partial charge in [-0.25, -0.2) is 9.67 Å². The summed E-state index contributed by atoms with van der Waals surface area (Å²) in [6.07, 6.45) is 3.00. The van der Waals surface area contributed by atoms with E-state index in [1.165, 1.54) is 6.33 Å². The van der Waals surface area contributed by atoms with Crippen molar-refractivity contribution in [3.63, 3.8) is 0 Å². The number of rotatable bonds is 5. The second-order valence-corrected chi connectivity index (χ2v) is 4.58. The summed E-state index contributed by atoms with van der Waals surface area (Å²) in [6.45, 7) is 0.343. The first-order chi connectivity index (χ1) is 10.8. The van der Waals surface area contributed by atoms with Gasteiger partial charge in [-0.3, -0.25) is 0 Å². The van der Waals surface area contributed by atoms with Crippen LogP contribution in [0.1, 0.15) is 5.56 Å². The maximum Gasteiger partial charge on any atom is 0.137 e. The van der Waals surface area contributed by atoms with Gasteiger partial charge in [-0.05, 0) is 36.4 Å². The molecule has 3 rings (SSSR count). The molecule has 0 spiro atoms. The number of para-hydroxylation sites is 1. The van der Waals surface area contributed by atoms with Gasteiger partial charge in [0.15, 0.2) is 0 Å². The number of benzene rings is 2. The van der Waals surface area contributed by atoms with Crippen LogP contribution in [0.25, 0.3) is 0 Å². The highest BCUT2D eigenvalue weighted by atomic mass is 16.5. The normalized spacial score (nSPS) is 11.4. The van der Waals surface area contributed by atoms with E-state index in [1.54, 1.807) is 11.0 Å². The lowest BCUT2D eigenvalue weighted by atomic mass is 10.1. The minimum atomic E-state index is 0.343. The summed E-state index contributed by atoms with van der Waals surface area (Å²) in [5.41, 5.74) is 1.29. The summed E-state index contributed by atoms with van der Waals surface area (Å²) in [5, 5.41) is 16.5. The molecule has 0 fully saturated rings. The minimum absolute atomic E-state index is 0.343. The van der Waals surface area contributed by atoms with E-state index >= 15 is 0 Å². The summed E-state index contributed by atoms with van der Waals surface area (Å²) < 4.78 is 7.31. The minimum Gasteiger partial charge on any atom is -0.457 e. The van der Waals surface area contributed by atoms with E-state index in [1.807, 2.05) is 54.6 Å². The van der Waals surface area contributed by atoms with Gasteiger partial charge in [-0.15, -0.1) is 0 Å². The van der Waals surface area contributed by atoms with Crippen molar-refractivity contribution in [3.05, 3.63) is 72.8 Å². The number of oxime groups is 1. The fourth-order valence-electron chi connectivity index (χ4n) is 1.99. The second-order valence-electron chi connectivity index (χ2n) is 4.58. The molecule has 0 atom stereocenters. The molecule has 0 bridgehead atoms. The highest BCUT2D eigenvalue weighted by Crippen LogP contribution is 2.21. The molecule has 0 amide bonds. The van der Waals surface area contributed by atoms with Crippen molar-refractivity contribution < 1.29 is 9.94 Å². The summed E-state index contributed by atoms with van der Waals surface area (Å²) >= 11 is 0. The molecule has 0 radical (unpaired) electrons. The number of nitrogens with zero attached hydrogens (tertiary/aromatic N) is 4. The van der Waals surface area contributed by atoms with Crippen molar-refractivity contribution in [1.82, 2.24) is 14.8 Å². The number of aromatic nitrogens is 3. The van der Waals surface area contributed by atoms with E-state index in [9.17, 15) is 5.21 Å². The van der Waals surface area contributed by atoms with Crippen LogP contribution in [0.2, 0.25) is 0 Å². The van der Waals surface area contributed by atoms with Crippen LogP contribution in [0, 0.1) is 0 Å². The van der Waals surface area contributed by atoms with E-state index < -0.39 is 0 Å². The number of ether oxygens (including phenoxy) is 1. The van der Waals surface area contributed by atoms with Crippen LogP contribution < -0.4 is 4.74 Å². The van der Waals surface area contributed by atoms with Crippen molar-refractivity contribution >= 4 is 5.71 Å². The Labute approximate surface area is 127 Å². The quantitative estimate of drug-likeness (QED) is 0.446. The maximum absolute atomic E-state index is 9.18. The lowest BCUT2D eigenvalue weighted by molar-refractivity contribution is 0.317. The molecule has 110 valence electrons. The van der Waals surface area contributed by atoms with Crippen LogP contribution in [-0.2, 0) is 6.54 Å². The van der Waals surface area contributed by atoms with Gasteiger partial charge in [0.25, 0.3) is 0 Å². The molecule has 0 aliphatic heterocycles. The molecule has 3 aromatic rings. The van der Waals surface area contributed by atoms with Gasteiger partial charge < -0.3 is 9.94 Å². The van der Waals surface area contributed by atoms with E-state index in [4.69, 9.17) is 4.74 Å². The molecule has 0 unspecified atom stereocenters. The van der Waals surface area contributed by atoms with E-state index in [2.05, 4.69) is 15.2 Å². The first-order valence-corrected chi connectivity index (χ1v) is 6.72. The summed E-state index contributed by atoms with van der Waals surface area (Å²) in [4.78, 5) is 3.86. The SMILES string of the molecule is ON=C(Cn1cncn1)c1ccc(Oc2ccccc2)cc1. The van der Waals surface area contributed by atoms with Gasteiger partial charge in [0.2, 0.25) is 0 Å². The van der Waals surface area contributed by atoms with Gasteiger partial charge in [0.1, 0.15) is 29.9 Å². The Balaban J connectivity index is 1.73. The average molecular weight is 294 g/mol. The third-order valence-electron chi connectivity index (χ3n) is 3.07. The highest BCUT2D eigenvalue weighted by molar-refractivity contribution is 6.00. The molecule has 22 heavy (non-hydrogen) atoms. The lowest BCUT2D eigenvalue weighted by Gasteiger charge is -2.08. The van der Waals surface area contributed by atoms with Crippen LogP contribution in [0.15, 0.2) is 72.4 Å². The zero-order chi connectivity index (χ0) is 15.2. The molecule has 1 N–H and O–H groups in total. The first kappa shape index (κ1) is 13.8. The van der Waals surface area contributed by atoms with Crippen molar-refractivity contribution in [2.75, 3.05) is 0 Å². The third kappa shape index (κ3) is 3.29. The van der Waals surface area contributed by atoms with E-state index in [-0.39, 0.29) is 0 Å². The fourth-order valence-corrected chi connectivity index (χ4v) is 1.99. The Morgan fingerprint density at radius 1 is 1.05 bits per heavy atom. The van der Waals surface area contributed by atoms with E-state index in [0.29, 0.717) is 18.0 Å². The third-order valence-corrected chi connectivity index (χ3v) is 3.07. The smallest absolute Gasteiger partial charge is 0.137 e. The molecular formula is C16H14N4O2. The summed E-state index contributed by atoms with van der Waals surface area (Å²) in [5.74, 6) is 1.49. The Bertz CT molecular complexity index is 738. The molecule has 0 saturated carbocycles. The van der Waals surface area contributed by atoms with E-state index in [0.717, 1.165) is 11.3 Å². The fraction of sp³-hybridized carbons (Fsp3) is 0.0625. The predicted octanol–water partition coefficient (Wildman–Crippen LogP) is 2.95. The molecular weight excluding hydrogens is 280 g/mol. The monoisotopic (exact) mass is 294 g/mol. The molecule has 0 aliphatic rings. The topological polar surface area (TPSA) is 72.5 Å². The Morgan fingerprint density at radius 2 is 1.77 bits per heavy atom. The Morgan fingerprint density at radius 3 is 2.41 bits per heavy atom. The molecule has 6 heteroatoms. The molecule has 0 saturated heterocycles. The standard InChI is InChI=1S/C16H14N4O2/c21-19-16(10-20-12-17-11-18-20)13-6-8-15(9-7-13)22-14-4-2-1-3-5-14/h1-9,11-12,21H,10H2. The second kappa shape index (κ2) is 6.53. The van der Waals surface area contributed by atoms with Crippen LogP contribution >= 0.6 is 0 Å². The van der Waals surface area contributed by atoms with Crippen molar-refractivity contribution in [2.45, 2.75) is 6.54 Å². The van der Waals surface area contributed by atoms with Gasteiger partial charge in [-0.1, -0.05) is 23.4 Å². The van der Waals surface area contributed by atoms with Gasteiger partial charge in [-0.2, -0.15) is 5.10 Å². The number of hydrogen-bond acceptors (Lipinski definition) is 5. The van der Waals surface area contributed by atoms with Gasteiger partial charge >= 0.3 is 0 Å². The van der Waals surface area contributed by atoms with Gasteiger partial charge in [0.05, 0.1) is 6.54 Å². The van der Waals surface area contributed by atoms with Crippen molar-refractivity contribution in [1.29, 1.82) is 0 Å². The molecule has 6 nitrogen and oxygen atoms in total. The highest BCUT2D eigenvalue weighted by Gasteiger charge is 2.07. The predicted molar refractivity (Wildman–Crippen MR) is 81.3 cm³/mol. The maximum atomic E-state index is 9.18. The van der Waals surface area contributed by atoms with Crippen molar-refractivity contribution in [3.8, 4) is 11.5 Å². The Kier molecular flexibility index (Phi) is 4.10. The zero-order valence-corrected chi connectivity index (χ0v) is 11.7. The summed E-state index contributed by atoms with van der Waals surface area (Å²) in [6, 6.07) is 16.9. The zero-order valence-electron chi connectivity index (χ0n) is 11.7. The van der Waals surface area contributed by atoms with Crippen LogP contribution in [0.3, 0.4) is 0 Å². The van der Waals surface area contributed by atoms with Crippen LogP contribution in [-0.4, -0.2) is 25.7 Å². The summed E-state index contributed by atoms with van der Waals surface area (Å²) in [7, 11) is 0. The Hall–Kier alpha value is -3.15. The lowest BCUT2D eigenvalue weighted by Crippen LogP contribution is -2.12. The molecule has 1 heterocycles. The molecule has 2 aromatic carbocycles. The van der Waals surface area contributed by atoms with Gasteiger partial charge in [0, 0.05) is 5.56 Å². The molecule has 1 aromatic heterocycles. The molecule has 0 aliphatic carbocycles. The largest absolute Gasteiger partial charge is 0.457 e. The van der Waals surface area contributed by atoms with Crippen LogP contribution in [0.5, 0.6) is 11.5 Å². The first-order valence-electron chi connectivity index (χ1n) is 6.72. The average Bonchev–Trinajstić information content (AvgIpc) is 3.08. The van der Waals surface area contributed by atoms with Crippen molar-refractivity contribution in [2.24, 2.45) is 5.16 Å². The number of hydrogen-bond donors (Lipinski definition) is 1. The van der Waals surface area contributed by atoms with Crippen LogP contribution in [0.4, 0.5) is 0 Å².